The minimum Gasteiger partial charge on any atom is -0.355 e. The fourth-order valence-electron chi connectivity index (χ4n) is 3.20. The van der Waals surface area contributed by atoms with Gasteiger partial charge in [0.2, 0.25) is 5.91 Å². The zero-order chi connectivity index (χ0) is 12.1. The predicted molar refractivity (Wildman–Crippen MR) is 69.8 cm³/mol. The van der Waals surface area contributed by atoms with Crippen LogP contribution in [0.15, 0.2) is 0 Å². The van der Waals surface area contributed by atoms with Crippen molar-refractivity contribution < 1.29 is 4.79 Å². The summed E-state index contributed by atoms with van der Waals surface area (Å²) in [6.07, 6.45) is 9.08. The Morgan fingerprint density at radius 1 is 1.12 bits per heavy atom. The van der Waals surface area contributed by atoms with E-state index < -0.39 is 0 Å². The molecule has 0 bridgehead atoms. The molecule has 0 aromatic rings. The van der Waals surface area contributed by atoms with Crippen molar-refractivity contribution in [1.82, 2.24) is 10.6 Å². The molecule has 98 valence electrons. The van der Waals surface area contributed by atoms with Gasteiger partial charge in [-0.15, -0.1) is 0 Å². The Kier molecular flexibility index (Phi) is 4.84. The second-order valence-electron chi connectivity index (χ2n) is 5.83. The van der Waals surface area contributed by atoms with Crippen LogP contribution in [0.5, 0.6) is 0 Å². The third-order valence-electron chi connectivity index (χ3n) is 4.51. The van der Waals surface area contributed by atoms with E-state index in [9.17, 15) is 4.79 Å². The van der Waals surface area contributed by atoms with Gasteiger partial charge in [0.05, 0.1) is 6.54 Å². The maximum atomic E-state index is 11.7. The van der Waals surface area contributed by atoms with E-state index in [0.29, 0.717) is 18.5 Å². The zero-order valence-electron chi connectivity index (χ0n) is 11.0. The normalized spacial score (nSPS) is 29.7. The first kappa shape index (κ1) is 12.9. The lowest BCUT2D eigenvalue weighted by molar-refractivity contribution is -0.120. The molecule has 0 aliphatic heterocycles. The molecule has 2 fully saturated rings. The molecule has 3 nitrogen and oxygen atoms in total. The summed E-state index contributed by atoms with van der Waals surface area (Å²) >= 11 is 0. The largest absolute Gasteiger partial charge is 0.355 e. The van der Waals surface area contributed by atoms with Crippen molar-refractivity contribution in [2.24, 2.45) is 11.8 Å². The highest BCUT2D eigenvalue weighted by molar-refractivity contribution is 5.78. The van der Waals surface area contributed by atoms with Gasteiger partial charge in [0.1, 0.15) is 0 Å². The van der Waals surface area contributed by atoms with Crippen molar-refractivity contribution >= 4 is 5.91 Å². The van der Waals surface area contributed by atoms with Gasteiger partial charge in [-0.3, -0.25) is 4.79 Å². The summed E-state index contributed by atoms with van der Waals surface area (Å²) in [6, 6.07) is 0.589. The van der Waals surface area contributed by atoms with Gasteiger partial charge in [-0.05, 0) is 31.1 Å². The molecule has 2 aliphatic rings. The first-order valence-electron chi connectivity index (χ1n) is 7.26. The van der Waals surface area contributed by atoms with Gasteiger partial charge in [0.15, 0.2) is 0 Å². The molecule has 2 saturated carbocycles. The van der Waals surface area contributed by atoms with E-state index in [1.807, 2.05) is 0 Å². The fraction of sp³-hybridized carbons (Fsp3) is 0.929. The van der Waals surface area contributed by atoms with Gasteiger partial charge in [-0.2, -0.15) is 0 Å². The fourth-order valence-corrected chi connectivity index (χ4v) is 3.20. The molecule has 0 saturated heterocycles. The maximum absolute atomic E-state index is 11.7. The third-order valence-corrected chi connectivity index (χ3v) is 4.51. The summed E-state index contributed by atoms with van der Waals surface area (Å²) < 4.78 is 0. The second-order valence-corrected chi connectivity index (χ2v) is 5.83. The lowest BCUT2D eigenvalue weighted by Gasteiger charge is -2.17. The highest BCUT2D eigenvalue weighted by Crippen LogP contribution is 2.30. The SMILES string of the molecule is CC1CCCC1CNC(=O)CNC1CCCC1. The average molecular weight is 238 g/mol. The van der Waals surface area contributed by atoms with Crippen LogP contribution >= 0.6 is 0 Å². The van der Waals surface area contributed by atoms with E-state index in [0.717, 1.165) is 12.5 Å². The van der Waals surface area contributed by atoms with Crippen LogP contribution < -0.4 is 10.6 Å². The van der Waals surface area contributed by atoms with Crippen LogP contribution in [0.25, 0.3) is 0 Å². The minimum absolute atomic E-state index is 0.177. The molecule has 2 N–H and O–H groups in total. The Morgan fingerprint density at radius 3 is 2.53 bits per heavy atom. The molecule has 0 radical (unpaired) electrons. The number of carbonyl (C=O) groups excluding carboxylic acids is 1. The number of nitrogens with one attached hydrogen (secondary N) is 2. The van der Waals surface area contributed by atoms with E-state index in [4.69, 9.17) is 0 Å². The molecule has 1 amide bonds. The number of carbonyl (C=O) groups is 1. The summed E-state index contributed by atoms with van der Waals surface area (Å²) in [5.74, 6) is 1.68. The minimum atomic E-state index is 0.177. The molecule has 0 aromatic carbocycles. The number of hydrogen-bond donors (Lipinski definition) is 2. The van der Waals surface area contributed by atoms with Crippen LogP contribution in [-0.4, -0.2) is 25.0 Å². The molecular weight excluding hydrogens is 212 g/mol. The topological polar surface area (TPSA) is 41.1 Å². The highest BCUT2D eigenvalue weighted by atomic mass is 16.1. The molecule has 3 heteroatoms. The monoisotopic (exact) mass is 238 g/mol. The van der Waals surface area contributed by atoms with Crippen LogP contribution in [0.4, 0.5) is 0 Å². The maximum Gasteiger partial charge on any atom is 0.233 e. The molecule has 0 heterocycles. The first-order valence-corrected chi connectivity index (χ1v) is 7.26. The Hall–Kier alpha value is -0.570. The first-order chi connectivity index (χ1) is 8.25. The summed E-state index contributed by atoms with van der Waals surface area (Å²) in [5, 5.41) is 6.43. The van der Waals surface area contributed by atoms with E-state index in [-0.39, 0.29) is 5.91 Å². The third kappa shape index (κ3) is 3.98. The molecule has 2 rings (SSSR count). The lowest BCUT2D eigenvalue weighted by atomic mass is 9.98. The molecule has 17 heavy (non-hydrogen) atoms. The van der Waals surface area contributed by atoms with Crippen LogP contribution in [0, 0.1) is 11.8 Å². The highest BCUT2D eigenvalue weighted by Gasteiger charge is 2.23. The summed E-state index contributed by atoms with van der Waals surface area (Å²) in [5.41, 5.74) is 0. The van der Waals surface area contributed by atoms with Gasteiger partial charge in [0, 0.05) is 12.6 Å². The standard InChI is InChI=1S/C14H26N2O/c1-11-5-4-6-12(11)9-16-14(17)10-15-13-7-2-3-8-13/h11-13,15H,2-10H2,1H3,(H,16,17). The van der Waals surface area contributed by atoms with E-state index >= 15 is 0 Å². The van der Waals surface area contributed by atoms with Gasteiger partial charge in [0.25, 0.3) is 0 Å². The van der Waals surface area contributed by atoms with Crippen molar-refractivity contribution in [2.75, 3.05) is 13.1 Å². The average Bonchev–Trinajstić information content (AvgIpc) is 2.95. The van der Waals surface area contributed by atoms with Gasteiger partial charge < -0.3 is 10.6 Å². The number of amides is 1. The van der Waals surface area contributed by atoms with Crippen molar-refractivity contribution in [2.45, 2.75) is 57.9 Å². The quantitative estimate of drug-likeness (QED) is 0.770. The molecule has 0 aromatic heterocycles. The molecule has 0 spiro atoms. The Labute approximate surface area is 105 Å². The van der Waals surface area contributed by atoms with E-state index in [1.54, 1.807) is 0 Å². The van der Waals surface area contributed by atoms with Crippen LogP contribution in [0.1, 0.15) is 51.9 Å². The second kappa shape index (κ2) is 6.39. The van der Waals surface area contributed by atoms with Gasteiger partial charge in [-0.1, -0.05) is 32.6 Å². The Balaban J connectivity index is 1.57. The lowest BCUT2D eigenvalue weighted by Crippen LogP contribution is -2.40. The number of hydrogen-bond acceptors (Lipinski definition) is 2. The summed E-state index contributed by atoms with van der Waals surface area (Å²) in [4.78, 5) is 11.7. The van der Waals surface area contributed by atoms with Crippen molar-refractivity contribution in [3.8, 4) is 0 Å². The Morgan fingerprint density at radius 2 is 1.88 bits per heavy atom. The van der Waals surface area contributed by atoms with Crippen molar-refractivity contribution in [1.29, 1.82) is 0 Å². The van der Waals surface area contributed by atoms with E-state index in [2.05, 4.69) is 17.6 Å². The Bertz CT molecular complexity index is 249. The van der Waals surface area contributed by atoms with Crippen LogP contribution in [0.2, 0.25) is 0 Å². The molecular formula is C14H26N2O. The van der Waals surface area contributed by atoms with Crippen molar-refractivity contribution in [3.05, 3.63) is 0 Å². The van der Waals surface area contributed by atoms with Crippen molar-refractivity contribution in [3.63, 3.8) is 0 Å². The smallest absolute Gasteiger partial charge is 0.233 e. The van der Waals surface area contributed by atoms with Gasteiger partial charge >= 0.3 is 0 Å². The predicted octanol–water partition coefficient (Wildman–Crippen LogP) is 2.07. The van der Waals surface area contributed by atoms with E-state index in [1.165, 1.54) is 44.9 Å². The zero-order valence-corrected chi connectivity index (χ0v) is 11.0. The number of rotatable bonds is 5. The van der Waals surface area contributed by atoms with Gasteiger partial charge in [-0.25, -0.2) is 0 Å². The summed E-state index contributed by atoms with van der Waals surface area (Å²) in [6.45, 7) is 3.69. The summed E-state index contributed by atoms with van der Waals surface area (Å²) in [7, 11) is 0. The van der Waals surface area contributed by atoms with Crippen LogP contribution in [-0.2, 0) is 4.79 Å². The molecule has 2 aliphatic carbocycles. The molecule has 2 atom stereocenters. The van der Waals surface area contributed by atoms with Crippen LogP contribution in [0.3, 0.4) is 0 Å². The molecule has 2 unspecified atom stereocenters.